The van der Waals surface area contributed by atoms with E-state index in [1.807, 2.05) is 18.2 Å². The van der Waals surface area contributed by atoms with Crippen molar-refractivity contribution in [2.75, 3.05) is 18.5 Å². The third-order valence-electron chi connectivity index (χ3n) is 14.6. The Bertz CT molecular complexity index is 2300. The van der Waals surface area contributed by atoms with Crippen molar-refractivity contribution < 1.29 is 48.0 Å². The van der Waals surface area contributed by atoms with Crippen LogP contribution in [0.4, 0.5) is 10.1 Å². The molecular formula is C46H53FN4O9. The van der Waals surface area contributed by atoms with E-state index in [1.165, 1.54) is 12.2 Å². The monoisotopic (exact) mass is 824 g/mol. The number of allylic oxidation sites excluding steroid dienone is 4. The summed E-state index contributed by atoms with van der Waals surface area (Å²) in [5.41, 5.74) is 6.48. The number of nitrogens with two attached hydrogens (primary N) is 2. The summed E-state index contributed by atoms with van der Waals surface area (Å²) in [7, 11) is 0. The van der Waals surface area contributed by atoms with Crippen LogP contribution in [0.15, 0.2) is 84.7 Å². The van der Waals surface area contributed by atoms with Crippen LogP contribution in [0.3, 0.4) is 0 Å². The van der Waals surface area contributed by atoms with E-state index in [9.17, 15) is 34.2 Å². The van der Waals surface area contributed by atoms with Gasteiger partial charge in [-0.1, -0.05) is 62.8 Å². The quantitative estimate of drug-likeness (QED) is 0.159. The highest BCUT2D eigenvalue weighted by Gasteiger charge is 2.79. The number of fused-ring (bicyclic) bond motifs is 6. The Labute approximate surface area is 347 Å². The van der Waals surface area contributed by atoms with Gasteiger partial charge >= 0.3 is 11.9 Å². The van der Waals surface area contributed by atoms with Gasteiger partial charge in [0.05, 0.1) is 18.4 Å². The number of rotatable bonds is 12. The highest BCUT2D eigenvalue weighted by atomic mass is 19.1. The molecule has 318 valence electrons. The Kier molecular flexibility index (Phi) is 11.2. The molecule has 3 aromatic rings. The minimum absolute atomic E-state index is 0.0514. The fourth-order valence-corrected chi connectivity index (χ4v) is 11.2. The van der Waals surface area contributed by atoms with Crippen molar-refractivity contribution in [1.82, 2.24) is 4.98 Å². The van der Waals surface area contributed by atoms with Crippen molar-refractivity contribution >= 4 is 45.9 Å². The van der Waals surface area contributed by atoms with Crippen LogP contribution >= 0.6 is 0 Å². The predicted molar refractivity (Wildman–Crippen MR) is 219 cm³/mol. The number of ether oxygens (including phenoxy) is 2. The number of pyridine rings is 1. The summed E-state index contributed by atoms with van der Waals surface area (Å²) in [6.07, 6.45) is 6.33. The molecule has 1 heterocycles. The summed E-state index contributed by atoms with van der Waals surface area (Å²) >= 11 is 0. The largest absolute Gasteiger partial charge is 0.460 e. The zero-order valence-corrected chi connectivity index (χ0v) is 34.3. The molecule has 4 aliphatic carbocycles. The van der Waals surface area contributed by atoms with Gasteiger partial charge in [0.15, 0.2) is 18.1 Å². The Hall–Kier alpha value is -5.15. The summed E-state index contributed by atoms with van der Waals surface area (Å²) in [5, 5.41) is 28.8. The van der Waals surface area contributed by atoms with Crippen molar-refractivity contribution in [3.8, 4) is 0 Å². The van der Waals surface area contributed by atoms with Crippen LogP contribution in [-0.2, 0) is 40.1 Å². The fourth-order valence-electron chi connectivity index (χ4n) is 11.2. The Balaban J connectivity index is 0.921. The average Bonchev–Trinajstić information content (AvgIpc) is 3.43. The van der Waals surface area contributed by atoms with Gasteiger partial charge in [0, 0.05) is 46.3 Å². The van der Waals surface area contributed by atoms with Gasteiger partial charge in [-0.2, -0.15) is 0 Å². The predicted octanol–water partition coefficient (Wildman–Crippen LogP) is 4.53. The van der Waals surface area contributed by atoms with Crippen LogP contribution in [0.5, 0.6) is 0 Å². The maximum Gasteiger partial charge on any atom is 0.323 e. The second-order valence-corrected chi connectivity index (χ2v) is 17.8. The van der Waals surface area contributed by atoms with Crippen molar-refractivity contribution in [1.29, 1.82) is 0 Å². The van der Waals surface area contributed by atoms with Crippen LogP contribution in [0.2, 0.25) is 0 Å². The summed E-state index contributed by atoms with van der Waals surface area (Å²) in [5.74, 6) is -5.01. The van der Waals surface area contributed by atoms with E-state index in [1.54, 1.807) is 76.5 Å². The van der Waals surface area contributed by atoms with Crippen LogP contribution in [0.25, 0.3) is 10.8 Å². The number of carbonyl (C=O) groups is 5. The lowest BCUT2D eigenvalue weighted by atomic mass is 9.39. The van der Waals surface area contributed by atoms with E-state index < -0.39 is 88.2 Å². The second kappa shape index (κ2) is 15.7. The van der Waals surface area contributed by atoms with Gasteiger partial charge in [0.2, 0.25) is 11.7 Å². The Morgan fingerprint density at radius 2 is 1.77 bits per heavy atom. The highest BCUT2D eigenvalue weighted by molar-refractivity contribution is 6.01. The first-order valence-corrected chi connectivity index (χ1v) is 20.4. The SMILES string of the molecule is C[C@@H]1C[C@H]2[C@]3(C)CCC4=CC(=O)C=C[C@]4(C)[C@@]3(F)[C@@H](O)C[C@]2(C)[C@@]1(O)C(=O)COC(=O)C[C@H](N)C(=O)OCc1ccc([C@@H](CN)C(=O)Nc2ccc3cnccc3c2)cc1. The summed E-state index contributed by atoms with van der Waals surface area (Å²) in [4.78, 5) is 69.0. The van der Waals surface area contributed by atoms with Gasteiger partial charge in [0.25, 0.3) is 0 Å². The lowest BCUT2D eigenvalue weighted by molar-refractivity contribution is -0.255. The molecule has 0 aliphatic heterocycles. The zero-order chi connectivity index (χ0) is 43.4. The molecule has 0 unspecified atom stereocenters. The standard InChI is InChI=1S/C46H53FN4O9/c1-26-17-36-43(3)14-11-31-19-33(52)12-15-42(31,2)46(43,47)37(53)21-44(36,4)45(26,58)38(54)25-59-39(55)20-35(49)41(57)60-24-27-5-7-28(8-6-27)34(22-48)40(56)51-32-10-9-30-23-50-16-13-29(30)18-32/h5-10,12-13,15-16,18-19,23,26,34-37,53,58H,11,14,17,20-22,24-25,48-49H2,1-4H3,(H,51,56)/t26-,34-,35+,36+,37+,42+,43+,44+,45+,46+/m1/s1. The summed E-state index contributed by atoms with van der Waals surface area (Å²) in [6.45, 7) is 5.93. The molecule has 7 N–H and O–H groups in total. The number of Topliss-reactive ketones (excluding diaryl/α,β-unsaturated/α-hetero) is 1. The van der Waals surface area contributed by atoms with E-state index in [2.05, 4.69) is 10.3 Å². The van der Waals surface area contributed by atoms with Gasteiger partial charge < -0.3 is 36.5 Å². The van der Waals surface area contributed by atoms with Crippen molar-refractivity contribution in [2.24, 2.45) is 39.5 Å². The number of carbonyl (C=O) groups excluding carboxylic acids is 5. The molecule has 7 rings (SSSR count). The molecule has 3 fully saturated rings. The maximum atomic E-state index is 17.8. The molecule has 3 saturated carbocycles. The molecule has 0 spiro atoms. The van der Waals surface area contributed by atoms with Gasteiger partial charge in [0.1, 0.15) is 18.2 Å². The summed E-state index contributed by atoms with van der Waals surface area (Å²) < 4.78 is 28.5. The third kappa shape index (κ3) is 6.77. The molecule has 1 aromatic heterocycles. The maximum absolute atomic E-state index is 17.8. The first-order valence-electron chi connectivity index (χ1n) is 20.4. The van der Waals surface area contributed by atoms with Gasteiger partial charge in [-0.05, 0) is 91.3 Å². The zero-order valence-electron chi connectivity index (χ0n) is 34.3. The number of halogens is 1. The smallest absolute Gasteiger partial charge is 0.323 e. The lowest BCUT2D eigenvalue weighted by Crippen LogP contribution is -2.73. The van der Waals surface area contributed by atoms with Crippen molar-refractivity contribution in [3.63, 3.8) is 0 Å². The number of hydrogen-bond donors (Lipinski definition) is 5. The number of hydrogen-bond acceptors (Lipinski definition) is 12. The molecular weight excluding hydrogens is 772 g/mol. The number of ketones is 2. The number of aromatic nitrogens is 1. The molecule has 60 heavy (non-hydrogen) atoms. The number of alkyl halides is 1. The number of aliphatic hydroxyl groups excluding tert-OH is 1. The van der Waals surface area contributed by atoms with E-state index in [4.69, 9.17) is 20.9 Å². The first-order chi connectivity index (χ1) is 28.3. The highest BCUT2D eigenvalue weighted by Crippen LogP contribution is 2.75. The molecule has 2 aromatic carbocycles. The molecule has 0 bridgehead atoms. The van der Waals surface area contributed by atoms with Crippen LogP contribution in [-0.4, -0.2) is 81.2 Å². The molecule has 0 saturated heterocycles. The second-order valence-electron chi connectivity index (χ2n) is 17.8. The molecule has 10 atom stereocenters. The van der Waals surface area contributed by atoms with E-state index in [0.29, 0.717) is 35.2 Å². The minimum atomic E-state index is -2.19. The number of nitrogens with one attached hydrogen (secondary N) is 1. The lowest BCUT2D eigenvalue weighted by Gasteiger charge is -2.67. The van der Waals surface area contributed by atoms with Crippen molar-refractivity contribution in [3.05, 3.63) is 95.9 Å². The summed E-state index contributed by atoms with van der Waals surface area (Å²) in [6, 6.07) is 12.7. The van der Waals surface area contributed by atoms with Crippen LogP contribution in [0, 0.1) is 28.1 Å². The number of nitrogens with zero attached hydrogens (tertiary/aromatic N) is 1. The molecule has 13 nitrogen and oxygen atoms in total. The van der Waals surface area contributed by atoms with E-state index in [-0.39, 0.29) is 37.7 Å². The van der Waals surface area contributed by atoms with Crippen LogP contribution in [0.1, 0.15) is 76.8 Å². The van der Waals surface area contributed by atoms with Gasteiger partial charge in [-0.15, -0.1) is 0 Å². The van der Waals surface area contributed by atoms with Crippen LogP contribution < -0.4 is 16.8 Å². The molecule has 14 heteroatoms. The fraction of sp³-hybridized carbons (Fsp3) is 0.478. The van der Waals surface area contributed by atoms with Crippen molar-refractivity contribution in [2.45, 2.75) is 95.7 Å². The number of aliphatic hydroxyl groups is 2. The van der Waals surface area contributed by atoms with Gasteiger partial charge in [-0.3, -0.25) is 29.0 Å². The number of benzene rings is 2. The van der Waals surface area contributed by atoms with Gasteiger partial charge in [-0.25, -0.2) is 4.39 Å². The van der Waals surface area contributed by atoms with E-state index in [0.717, 1.165) is 10.8 Å². The number of esters is 2. The number of anilines is 1. The minimum Gasteiger partial charge on any atom is -0.460 e. The topological polar surface area (TPSA) is 221 Å². The Morgan fingerprint density at radius 3 is 2.48 bits per heavy atom. The number of amides is 1. The average molecular weight is 825 g/mol. The molecule has 1 amide bonds. The first kappa shape index (κ1) is 43.0. The third-order valence-corrected chi connectivity index (χ3v) is 14.6. The normalized spacial score (nSPS) is 32.8. The van der Waals surface area contributed by atoms with E-state index >= 15 is 4.39 Å². The Morgan fingerprint density at radius 1 is 1.03 bits per heavy atom. The molecule has 4 aliphatic rings. The molecule has 0 radical (unpaired) electrons.